The summed E-state index contributed by atoms with van der Waals surface area (Å²) in [6.07, 6.45) is 5.24. The zero-order valence-corrected chi connectivity index (χ0v) is 15.5. The molecule has 1 unspecified atom stereocenters. The van der Waals surface area contributed by atoms with Gasteiger partial charge in [-0.1, -0.05) is 97.9 Å². The van der Waals surface area contributed by atoms with E-state index < -0.39 is 0 Å². The van der Waals surface area contributed by atoms with Crippen molar-refractivity contribution >= 4 is 0 Å². The molecule has 5 rings (SSSR count). The lowest BCUT2D eigenvalue weighted by molar-refractivity contribution is 0.524. The number of hydrogen-bond acceptors (Lipinski definition) is 1. The first kappa shape index (κ1) is 16.1. The van der Waals surface area contributed by atoms with Crippen LogP contribution in [0.15, 0.2) is 108 Å². The molecule has 0 bridgehead atoms. The molecule has 0 radical (unpaired) electrons. The second-order valence-corrected chi connectivity index (χ2v) is 7.86. The van der Waals surface area contributed by atoms with Gasteiger partial charge in [-0.2, -0.15) is 0 Å². The van der Waals surface area contributed by atoms with Crippen LogP contribution in [0, 0.1) is 0 Å². The van der Waals surface area contributed by atoms with Crippen LogP contribution >= 0.6 is 0 Å². The number of rotatable bonds is 2. The van der Waals surface area contributed by atoms with Crippen LogP contribution in [0.1, 0.15) is 35.6 Å². The molecule has 1 atom stereocenters. The highest BCUT2D eigenvalue weighted by atomic mass is 14.6. The number of allylic oxidation sites excluding steroid dienone is 4. The zero-order valence-electron chi connectivity index (χ0n) is 15.5. The van der Waals surface area contributed by atoms with Gasteiger partial charge in [-0.3, -0.25) is 0 Å². The Morgan fingerprint density at radius 2 is 1.19 bits per heavy atom. The summed E-state index contributed by atoms with van der Waals surface area (Å²) in [5, 5.41) is 0. The molecular formula is C26H23N. The topological polar surface area (TPSA) is 26.0 Å². The summed E-state index contributed by atoms with van der Waals surface area (Å²) in [6, 6.07) is 30.7. The third-order valence-electron chi connectivity index (χ3n) is 6.36. The Morgan fingerprint density at radius 1 is 0.667 bits per heavy atom. The molecule has 132 valence electrons. The van der Waals surface area contributed by atoms with Gasteiger partial charge in [0.1, 0.15) is 0 Å². The van der Waals surface area contributed by atoms with Crippen molar-refractivity contribution in [2.75, 3.05) is 0 Å². The highest BCUT2D eigenvalue weighted by Crippen LogP contribution is 2.62. The molecule has 2 N–H and O–H groups in total. The Kier molecular flexibility index (Phi) is 3.42. The lowest BCUT2D eigenvalue weighted by Crippen LogP contribution is -2.35. The van der Waals surface area contributed by atoms with Gasteiger partial charge < -0.3 is 5.73 Å². The van der Waals surface area contributed by atoms with Crippen molar-refractivity contribution in [3.63, 3.8) is 0 Å². The lowest BCUT2D eigenvalue weighted by atomic mass is 9.63. The molecule has 27 heavy (non-hydrogen) atoms. The third kappa shape index (κ3) is 2.06. The van der Waals surface area contributed by atoms with E-state index in [4.69, 9.17) is 5.73 Å². The number of nitrogens with two attached hydrogens (primary N) is 1. The first-order chi connectivity index (χ1) is 13.2. The van der Waals surface area contributed by atoms with Crippen LogP contribution in [0.4, 0.5) is 0 Å². The van der Waals surface area contributed by atoms with Crippen LogP contribution in [-0.2, 0) is 10.8 Å². The number of benzene rings is 3. The fourth-order valence-corrected chi connectivity index (χ4v) is 5.32. The van der Waals surface area contributed by atoms with Crippen LogP contribution in [-0.4, -0.2) is 0 Å². The van der Waals surface area contributed by atoms with Crippen molar-refractivity contribution < 1.29 is 0 Å². The predicted octanol–water partition coefficient (Wildman–Crippen LogP) is 5.47. The van der Waals surface area contributed by atoms with Crippen LogP contribution in [0.5, 0.6) is 0 Å². The minimum Gasteiger partial charge on any atom is -0.402 e. The average molecular weight is 349 g/mol. The summed E-state index contributed by atoms with van der Waals surface area (Å²) in [6.45, 7) is 2.35. The molecule has 1 nitrogen and oxygen atoms in total. The quantitative estimate of drug-likeness (QED) is 0.653. The molecule has 0 heterocycles. The van der Waals surface area contributed by atoms with Gasteiger partial charge >= 0.3 is 0 Å². The smallest absolute Gasteiger partial charge is 0.0676 e. The van der Waals surface area contributed by atoms with Crippen molar-refractivity contribution in [2.45, 2.75) is 24.2 Å². The summed E-state index contributed by atoms with van der Waals surface area (Å²) in [5.74, 6) is 0. The van der Waals surface area contributed by atoms with E-state index in [1.807, 2.05) is 0 Å². The lowest BCUT2D eigenvalue weighted by Gasteiger charge is -2.39. The van der Waals surface area contributed by atoms with E-state index in [-0.39, 0.29) is 10.8 Å². The molecule has 0 amide bonds. The van der Waals surface area contributed by atoms with Gasteiger partial charge in [0, 0.05) is 17.5 Å². The van der Waals surface area contributed by atoms with Crippen LogP contribution < -0.4 is 5.73 Å². The Labute approximate surface area is 160 Å². The molecule has 0 fully saturated rings. The van der Waals surface area contributed by atoms with E-state index in [0.717, 1.165) is 12.1 Å². The number of fused-ring (bicyclic) bond motifs is 3. The van der Waals surface area contributed by atoms with Gasteiger partial charge in [-0.15, -0.1) is 0 Å². The third-order valence-corrected chi connectivity index (χ3v) is 6.36. The molecule has 0 saturated heterocycles. The van der Waals surface area contributed by atoms with Crippen LogP contribution in [0.3, 0.4) is 0 Å². The largest absolute Gasteiger partial charge is 0.402 e. The molecule has 3 aromatic carbocycles. The van der Waals surface area contributed by atoms with Crippen LogP contribution in [0.25, 0.3) is 0 Å². The van der Waals surface area contributed by atoms with Gasteiger partial charge in [-0.25, -0.2) is 0 Å². The van der Waals surface area contributed by atoms with Crippen molar-refractivity contribution in [3.8, 4) is 0 Å². The van der Waals surface area contributed by atoms with Gasteiger partial charge in [0.15, 0.2) is 0 Å². The Hall–Kier alpha value is -3.06. The zero-order chi connectivity index (χ0) is 18.5. The van der Waals surface area contributed by atoms with Crippen molar-refractivity contribution in [1.29, 1.82) is 0 Å². The van der Waals surface area contributed by atoms with Gasteiger partial charge in [0.05, 0.1) is 5.41 Å². The molecule has 1 heteroatoms. The van der Waals surface area contributed by atoms with Crippen LogP contribution in [0.2, 0.25) is 0 Å². The fourth-order valence-electron chi connectivity index (χ4n) is 5.32. The summed E-state index contributed by atoms with van der Waals surface area (Å²) >= 11 is 0. The van der Waals surface area contributed by atoms with E-state index in [2.05, 4.69) is 104 Å². The molecule has 0 aliphatic heterocycles. The maximum Gasteiger partial charge on any atom is 0.0676 e. The monoisotopic (exact) mass is 349 g/mol. The SMILES string of the molecule is CC12CC(N)=CC=C1C(c1ccccc1)(c1ccccc1)c1ccccc12. The minimum atomic E-state index is -0.287. The highest BCUT2D eigenvalue weighted by Gasteiger charge is 2.56. The second kappa shape index (κ2) is 5.72. The maximum atomic E-state index is 6.32. The first-order valence-electron chi connectivity index (χ1n) is 9.56. The van der Waals surface area contributed by atoms with Gasteiger partial charge in [-0.05, 0) is 33.9 Å². The van der Waals surface area contributed by atoms with Crippen molar-refractivity contribution in [2.24, 2.45) is 5.73 Å². The maximum absolute atomic E-state index is 6.32. The molecule has 3 aromatic rings. The molecular weight excluding hydrogens is 326 g/mol. The predicted molar refractivity (Wildman–Crippen MR) is 112 cm³/mol. The molecule has 2 aliphatic carbocycles. The summed E-state index contributed by atoms with van der Waals surface area (Å²) in [7, 11) is 0. The number of hydrogen-bond donors (Lipinski definition) is 1. The molecule has 0 saturated carbocycles. The molecule has 2 aliphatic rings. The van der Waals surface area contributed by atoms with E-state index in [9.17, 15) is 0 Å². The second-order valence-electron chi connectivity index (χ2n) is 7.86. The van der Waals surface area contributed by atoms with Crippen molar-refractivity contribution in [1.82, 2.24) is 0 Å². The normalized spacial score (nSPS) is 22.4. The highest BCUT2D eigenvalue weighted by molar-refractivity contribution is 5.72. The minimum absolute atomic E-state index is 0.0961. The molecule has 0 spiro atoms. The van der Waals surface area contributed by atoms with Crippen molar-refractivity contribution in [3.05, 3.63) is 131 Å². The Balaban J connectivity index is 1.96. The summed E-state index contributed by atoms with van der Waals surface area (Å²) in [5.41, 5.74) is 13.7. The average Bonchev–Trinajstić information content (AvgIpc) is 2.95. The Morgan fingerprint density at radius 3 is 1.78 bits per heavy atom. The van der Waals surface area contributed by atoms with Gasteiger partial charge in [0.25, 0.3) is 0 Å². The fraction of sp³-hybridized carbons (Fsp3) is 0.154. The Bertz CT molecular complexity index is 1020. The van der Waals surface area contributed by atoms with E-state index >= 15 is 0 Å². The summed E-state index contributed by atoms with van der Waals surface area (Å²) < 4.78 is 0. The van der Waals surface area contributed by atoms with E-state index in [1.54, 1.807) is 0 Å². The first-order valence-corrected chi connectivity index (χ1v) is 9.56. The standard InChI is InChI=1S/C26H23N/c1-25-18-21(27)16-17-24(25)26(19-10-4-2-5-11-19,20-12-6-3-7-13-20)23-15-9-8-14-22(23)25/h2-17H,18,27H2,1H3. The summed E-state index contributed by atoms with van der Waals surface area (Å²) in [4.78, 5) is 0. The van der Waals surface area contributed by atoms with E-state index in [0.29, 0.717) is 0 Å². The molecule has 0 aromatic heterocycles. The van der Waals surface area contributed by atoms with Gasteiger partial charge in [0.2, 0.25) is 0 Å². The van der Waals surface area contributed by atoms with E-state index in [1.165, 1.54) is 27.8 Å².